The summed E-state index contributed by atoms with van der Waals surface area (Å²) >= 11 is 0. The molecule has 0 aliphatic heterocycles. The number of amides is 1. The number of carbonyl (C=O) groups excluding carboxylic acids is 1. The molecule has 3 aromatic heterocycles. The van der Waals surface area contributed by atoms with E-state index in [4.69, 9.17) is 5.73 Å². The number of H-pyrrole nitrogens is 1. The second-order valence-electron chi connectivity index (χ2n) is 8.89. The number of carbonyl (C=O) groups is 1. The van der Waals surface area contributed by atoms with Crippen LogP contribution in [-0.4, -0.2) is 25.8 Å². The molecular weight excluding hydrogens is 455 g/mol. The molecule has 0 radical (unpaired) electrons. The van der Waals surface area contributed by atoms with Gasteiger partial charge in [-0.05, 0) is 79.8 Å². The molecule has 3 N–H and O–H groups in total. The van der Waals surface area contributed by atoms with Crippen LogP contribution < -0.4 is 5.73 Å². The summed E-state index contributed by atoms with van der Waals surface area (Å²) in [5.74, 6) is 0.218. The van der Waals surface area contributed by atoms with E-state index in [-0.39, 0.29) is 18.5 Å². The van der Waals surface area contributed by atoms with Crippen molar-refractivity contribution in [3.63, 3.8) is 0 Å². The Labute approximate surface area is 200 Å². The first-order valence-electron chi connectivity index (χ1n) is 11.4. The molecule has 1 aliphatic rings. The average Bonchev–Trinajstić information content (AvgIpc) is 3.32. The van der Waals surface area contributed by atoms with E-state index in [1.807, 2.05) is 25.3 Å². The number of fused-ring (bicyclic) bond motifs is 2. The highest BCUT2D eigenvalue weighted by molar-refractivity contribution is 5.98. The molecule has 0 bridgehead atoms. The van der Waals surface area contributed by atoms with E-state index in [1.165, 1.54) is 6.07 Å². The average molecular weight is 480 g/mol. The van der Waals surface area contributed by atoms with Gasteiger partial charge in [-0.2, -0.15) is 13.2 Å². The number of anilines is 1. The first-order chi connectivity index (χ1) is 16.7. The molecule has 6 nitrogen and oxygen atoms in total. The molecule has 1 aromatic carbocycles. The first-order valence-corrected chi connectivity index (χ1v) is 11.4. The number of rotatable bonds is 4. The fourth-order valence-corrected chi connectivity index (χ4v) is 4.68. The minimum absolute atomic E-state index is 0.0866. The van der Waals surface area contributed by atoms with Crippen LogP contribution in [0.5, 0.6) is 0 Å². The van der Waals surface area contributed by atoms with Crippen LogP contribution in [-0.2, 0) is 19.1 Å². The number of nitrogens with two attached hydrogens (primary N) is 1. The van der Waals surface area contributed by atoms with Crippen LogP contribution in [0.3, 0.4) is 0 Å². The summed E-state index contributed by atoms with van der Waals surface area (Å²) in [5.41, 5.74) is 9.57. The molecule has 0 spiro atoms. The molecule has 4 aromatic rings. The Hall–Kier alpha value is -3.88. The van der Waals surface area contributed by atoms with Crippen LogP contribution in [0.1, 0.15) is 57.3 Å². The van der Waals surface area contributed by atoms with Crippen molar-refractivity contribution in [3.8, 4) is 0 Å². The lowest BCUT2D eigenvalue weighted by Crippen LogP contribution is -2.36. The van der Waals surface area contributed by atoms with Gasteiger partial charge in [-0.25, -0.2) is 4.98 Å². The number of nitrogen functional groups attached to an aromatic ring is 1. The number of aryl methyl sites for hydroxylation is 2. The van der Waals surface area contributed by atoms with Gasteiger partial charge in [0.05, 0.1) is 29.4 Å². The first kappa shape index (κ1) is 22.9. The fourth-order valence-electron chi connectivity index (χ4n) is 4.68. The highest BCUT2D eigenvalue weighted by atomic mass is 19.4. The molecule has 0 fully saturated rings. The fraction of sp³-hybridized carbons (Fsp3) is 0.269. The topological polar surface area (TPSA) is 87.9 Å². The maximum atomic E-state index is 13.9. The third-order valence-corrected chi connectivity index (χ3v) is 6.55. The highest BCUT2D eigenvalue weighted by Crippen LogP contribution is 2.36. The van der Waals surface area contributed by atoms with Gasteiger partial charge in [0.15, 0.2) is 0 Å². The number of aromatic nitrogens is 3. The quantitative estimate of drug-likeness (QED) is 0.400. The molecule has 180 valence electrons. The Kier molecular flexibility index (Phi) is 5.70. The summed E-state index contributed by atoms with van der Waals surface area (Å²) in [5, 5.41) is 0.793. The van der Waals surface area contributed by atoms with E-state index >= 15 is 0 Å². The lowest BCUT2D eigenvalue weighted by molar-refractivity contribution is -0.137. The van der Waals surface area contributed by atoms with E-state index in [2.05, 4.69) is 15.0 Å². The summed E-state index contributed by atoms with van der Waals surface area (Å²) in [4.78, 5) is 27.2. The second kappa shape index (κ2) is 8.72. The van der Waals surface area contributed by atoms with Crippen LogP contribution in [0.25, 0.3) is 10.9 Å². The van der Waals surface area contributed by atoms with Crippen molar-refractivity contribution in [1.82, 2.24) is 19.9 Å². The maximum absolute atomic E-state index is 13.9. The number of aromatic amines is 1. The number of hydrogen-bond donors (Lipinski definition) is 2. The third kappa shape index (κ3) is 4.45. The van der Waals surface area contributed by atoms with Crippen molar-refractivity contribution in [2.75, 3.05) is 5.73 Å². The summed E-state index contributed by atoms with van der Waals surface area (Å²) < 4.78 is 39.0. The van der Waals surface area contributed by atoms with E-state index in [9.17, 15) is 18.0 Å². The monoisotopic (exact) mass is 479 g/mol. The predicted octanol–water partition coefficient (Wildman–Crippen LogP) is 5.59. The molecule has 9 heteroatoms. The Morgan fingerprint density at radius 3 is 2.77 bits per heavy atom. The number of halogens is 3. The Morgan fingerprint density at radius 1 is 1.20 bits per heavy atom. The van der Waals surface area contributed by atoms with Crippen molar-refractivity contribution < 1.29 is 18.0 Å². The van der Waals surface area contributed by atoms with Gasteiger partial charge in [-0.3, -0.25) is 9.78 Å². The van der Waals surface area contributed by atoms with Crippen molar-refractivity contribution in [1.29, 1.82) is 0 Å². The van der Waals surface area contributed by atoms with Crippen molar-refractivity contribution in [2.24, 2.45) is 0 Å². The zero-order valence-corrected chi connectivity index (χ0v) is 19.1. The molecule has 3 heterocycles. The third-order valence-electron chi connectivity index (χ3n) is 6.55. The molecule has 1 atom stereocenters. The molecule has 5 rings (SSSR count). The molecule has 0 saturated heterocycles. The molecule has 0 saturated carbocycles. The van der Waals surface area contributed by atoms with E-state index < -0.39 is 11.7 Å². The van der Waals surface area contributed by atoms with Crippen LogP contribution in [0.2, 0.25) is 0 Å². The van der Waals surface area contributed by atoms with E-state index in [0.29, 0.717) is 22.6 Å². The zero-order valence-electron chi connectivity index (χ0n) is 19.1. The van der Waals surface area contributed by atoms with Crippen molar-refractivity contribution in [3.05, 3.63) is 88.5 Å². The van der Waals surface area contributed by atoms with Gasteiger partial charge in [0.1, 0.15) is 5.82 Å². The number of nitrogens with zero attached hydrogens (tertiary/aromatic N) is 3. The molecular formula is C26H24F3N5O. The van der Waals surface area contributed by atoms with Gasteiger partial charge in [-0.1, -0.05) is 0 Å². The lowest BCUT2D eigenvalue weighted by Gasteiger charge is -2.34. The van der Waals surface area contributed by atoms with Crippen LogP contribution in [0, 0.1) is 6.92 Å². The summed E-state index contributed by atoms with van der Waals surface area (Å²) in [7, 11) is 0. The smallest absolute Gasteiger partial charge is 0.383 e. The summed E-state index contributed by atoms with van der Waals surface area (Å²) in [6.45, 7) is 1.94. The van der Waals surface area contributed by atoms with Crippen LogP contribution in [0.4, 0.5) is 19.0 Å². The Morgan fingerprint density at radius 2 is 2.03 bits per heavy atom. The molecule has 35 heavy (non-hydrogen) atoms. The molecule has 1 unspecified atom stereocenters. The van der Waals surface area contributed by atoms with Crippen LogP contribution >= 0.6 is 0 Å². The van der Waals surface area contributed by atoms with E-state index in [0.717, 1.165) is 53.7 Å². The number of pyridine rings is 2. The molecule has 1 aliphatic carbocycles. The molecule has 1 amide bonds. The normalized spacial score (nSPS) is 15.7. The van der Waals surface area contributed by atoms with Crippen molar-refractivity contribution >= 4 is 22.6 Å². The number of alkyl halides is 3. The largest absolute Gasteiger partial charge is 0.417 e. The second-order valence-corrected chi connectivity index (χ2v) is 8.89. The standard InChI is InChI=1S/C26H24F3N5O/c1-15-11-17-12-16(5-8-21(17)33-24(15)30)25(35)34(23-4-2-3-22-20(23)9-10-31-22)14-19-7-6-18(13-32-19)26(27,28)29/h5-13,23,31H,2-4,14H2,1H3,(H2,30,33). The summed E-state index contributed by atoms with van der Waals surface area (Å²) in [6.07, 6.45) is 0.740. The minimum atomic E-state index is -4.47. The lowest BCUT2D eigenvalue weighted by atomic mass is 9.91. The van der Waals surface area contributed by atoms with Crippen LogP contribution in [0.15, 0.2) is 54.9 Å². The Balaban J connectivity index is 1.53. The number of nitrogens with one attached hydrogen (secondary N) is 1. The van der Waals surface area contributed by atoms with Gasteiger partial charge >= 0.3 is 6.18 Å². The maximum Gasteiger partial charge on any atom is 0.417 e. The SMILES string of the molecule is Cc1cc2cc(C(=O)N(Cc3ccc(C(F)(F)F)cn3)C3CCCc4[nH]ccc43)ccc2nc1N. The summed E-state index contributed by atoms with van der Waals surface area (Å²) in [6, 6.07) is 11.2. The number of hydrogen-bond acceptors (Lipinski definition) is 4. The van der Waals surface area contributed by atoms with E-state index in [1.54, 1.807) is 23.1 Å². The van der Waals surface area contributed by atoms with Gasteiger partial charge < -0.3 is 15.6 Å². The van der Waals surface area contributed by atoms with Gasteiger partial charge in [0.2, 0.25) is 0 Å². The minimum Gasteiger partial charge on any atom is -0.383 e. The van der Waals surface area contributed by atoms with Crippen molar-refractivity contribution in [2.45, 2.75) is 44.9 Å². The van der Waals surface area contributed by atoms with Gasteiger partial charge in [0.25, 0.3) is 5.91 Å². The van der Waals surface area contributed by atoms with Gasteiger partial charge in [0, 0.05) is 29.0 Å². The predicted molar refractivity (Wildman–Crippen MR) is 126 cm³/mol. The zero-order chi connectivity index (χ0) is 24.7. The van der Waals surface area contributed by atoms with Gasteiger partial charge in [-0.15, -0.1) is 0 Å². The Bertz CT molecular complexity index is 1390. The number of benzene rings is 1. The highest BCUT2D eigenvalue weighted by Gasteiger charge is 2.33.